The molecule has 0 saturated heterocycles. The molecular formula is C12H19N5. The molecule has 2 heterocycles. The van der Waals surface area contributed by atoms with Crippen LogP contribution in [0, 0.1) is 6.92 Å². The number of aromatic nitrogens is 4. The van der Waals surface area contributed by atoms with Gasteiger partial charge in [0.1, 0.15) is 0 Å². The molecule has 0 radical (unpaired) electrons. The van der Waals surface area contributed by atoms with Crippen LogP contribution in [0.1, 0.15) is 17.0 Å². The van der Waals surface area contributed by atoms with E-state index in [1.807, 2.05) is 36.6 Å². The zero-order valence-electron chi connectivity index (χ0n) is 10.6. The summed E-state index contributed by atoms with van der Waals surface area (Å²) in [5.74, 6) is 0. The monoisotopic (exact) mass is 233 g/mol. The zero-order chi connectivity index (χ0) is 12.3. The van der Waals surface area contributed by atoms with Gasteiger partial charge in [-0.15, -0.1) is 0 Å². The van der Waals surface area contributed by atoms with E-state index in [0.29, 0.717) is 0 Å². The fraction of sp³-hybridized carbons (Fsp3) is 0.500. The highest BCUT2D eigenvalue weighted by molar-refractivity contribution is 5.14. The van der Waals surface area contributed by atoms with E-state index in [4.69, 9.17) is 0 Å². The molecule has 0 spiro atoms. The van der Waals surface area contributed by atoms with Gasteiger partial charge in [0, 0.05) is 57.3 Å². The van der Waals surface area contributed by atoms with Gasteiger partial charge in [-0.1, -0.05) is 0 Å². The molecule has 2 aromatic rings. The number of nitrogens with one attached hydrogen (secondary N) is 1. The van der Waals surface area contributed by atoms with E-state index in [2.05, 4.69) is 27.8 Å². The van der Waals surface area contributed by atoms with Crippen LogP contribution >= 0.6 is 0 Å². The molecule has 2 aromatic heterocycles. The summed E-state index contributed by atoms with van der Waals surface area (Å²) in [5, 5.41) is 11.9. The van der Waals surface area contributed by atoms with Gasteiger partial charge >= 0.3 is 0 Å². The lowest BCUT2D eigenvalue weighted by Gasteiger charge is -2.04. The van der Waals surface area contributed by atoms with Crippen molar-refractivity contribution in [1.29, 1.82) is 0 Å². The Balaban J connectivity index is 1.77. The molecule has 1 N–H and O–H groups in total. The van der Waals surface area contributed by atoms with E-state index in [0.717, 1.165) is 25.2 Å². The molecular weight excluding hydrogens is 214 g/mol. The van der Waals surface area contributed by atoms with Crippen molar-refractivity contribution in [2.45, 2.75) is 19.9 Å². The third kappa shape index (κ3) is 2.94. The van der Waals surface area contributed by atoms with Gasteiger partial charge in [-0.2, -0.15) is 10.2 Å². The van der Waals surface area contributed by atoms with Gasteiger partial charge in [-0.25, -0.2) is 0 Å². The first kappa shape index (κ1) is 11.9. The SMILES string of the molecule is Cc1nn(C)cc1CNCCc1ccnn1C. The van der Waals surface area contributed by atoms with Crippen molar-refractivity contribution in [1.82, 2.24) is 24.9 Å². The molecule has 5 nitrogen and oxygen atoms in total. The lowest BCUT2D eigenvalue weighted by molar-refractivity contribution is 0.642. The summed E-state index contributed by atoms with van der Waals surface area (Å²) in [7, 11) is 3.92. The Kier molecular flexibility index (Phi) is 3.58. The van der Waals surface area contributed by atoms with Gasteiger partial charge in [0.15, 0.2) is 0 Å². The molecule has 0 atom stereocenters. The third-order valence-electron chi connectivity index (χ3n) is 2.91. The van der Waals surface area contributed by atoms with E-state index in [1.165, 1.54) is 11.3 Å². The molecule has 92 valence electrons. The minimum Gasteiger partial charge on any atom is -0.312 e. The maximum atomic E-state index is 4.32. The van der Waals surface area contributed by atoms with E-state index in [-0.39, 0.29) is 0 Å². The van der Waals surface area contributed by atoms with Crippen molar-refractivity contribution in [3.8, 4) is 0 Å². The molecule has 0 unspecified atom stereocenters. The molecule has 17 heavy (non-hydrogen) atoms. The van der Waals surface area contributed by atoms with Crippen LogP contribution in [0.25, 0.3) is 0 Å². The quantitative estimate of drug-likeness (QED) is 0.777. The number of nitrogens with zero attached hydrogens (tertiary/aromatic N) is 4. The highest BCUT2D eigenvalue weighted by Crippen LogP contribution is 2.03. The van der Waals surface area contributed by atoms with Crippen LogP contribution in [0.4, 0.5) is 0 Å². The molecule has 0 bridgehead atoms. The van der Waals surface area contributed by atoms with Crippen LogP contribution < -0.4 is 5.32 Å². The summed E-state index contributed by atoms with van der Waals surface area (Å²) in [6, 6.07) is 2.05. The summed E-state index contributed by atoms with van der Waals surface area (Å²) in [5.41, 5.74) is 3.61. The Morgan fingerprint density at radius 2 is 2.18 bits per heavy atom. The topological polar surface area (TPSA) is 47.7 Å². The molecule has 5 heteroatoms. The first-order valence-corrected chi connectivity index (χ1v) is 5.83. The molecule has 0 aliphatic rings. The first-order chi connectivity index (χ1) is 8.16. The van der Waals surface area contributed by atoms with Crippen LogP contribution in [0.5, 0.6) is 0 Å². The number of hydrogen-bond acceptors (Lipinski definition) is 3. The van der Waals surface area contributed by atoms with Gasteiger partial charge in [0.2, 0.25) is 0 Å². The van der Waals surface area contributed by atoms with Gasteiger partial charge in [-0.3, -0.25) is 9.36 Å². The minimum absolute atomic E-state index is 0.873. The number of aryl methyl sites for hydroxylation is 3. The van der Waals surface area contributed by atoms with Crippen molar-refractivity contribution in [2.75, 3.05) is 6.54 Å². The predicted molar refractivity (Wildman–Crippen MR) is 66.6 cm³/mol. The van der Waals surface area contributed by atoms with Crippen molar-refractivity contribution < 1.29 is 0 Å². The van der Waals surface area contributed by atoms with E-state index in [9.17, 15) is 0 Å². The normalized spacial score (nSPS) is 11.0. The number of rotatable bonds is 5. The lowest BCUT2D eigenvalue weighted by atomic mass is 10.2. The minimum atomic E-state index is 0.873. The Hall–Kier alpha value is -1.62. The van der Waals surface area contributed by atoms with E-state index < -0.39 is 0 Å². The fourth-order valence-corrected chi connectivity index (χ4v) is 1.91. The van der Waals surface area contributed by atoms with Crippen LogP contribution in [-0.2, 0) is 27.1 Å². The van der Waals surface area contributed by atoms with Crippen LogP contribution in [0.2, 0.25) is 0 Å². The standard InChI is InChI=1S/C12H19N5/c1-10-11(9-16(2)15-10)8-13-6-4-12-5-7-14-17(12)3/h5,7,9,13H,4,6,8H2,1-3H3. The van der Waals surface area contributed by atoms with Crippen molar-refractivity contribution in [3.05, 3.63) is 35.4 Å². The maximum Gasteiger partial charge on any atom is 0.0638 e. The zero-order valence-corrected chi connectivity index (χ0v) is 10.6. The highest BCUT2D eigenvalue weighted by Gasteiger charge is 2.02. The second kappa shape index (κ2) is 5.14. The summed E-state index contributed by atoms with van der Waals surface area (Å²) in [6.07, 6.45) is 4.89. The van der Waals surface area contributed by atoms with Crippen molar-refractivity contribution >= 4 is 0 Å². The third-order valence-corrected chi connectivity index (χ3v) is 2.91. The van der Waals surface area contributed by atoms with Crippen LogP contribution in [0.3, 0.4) is 0 Å². The molecule has 0 fully saturated rings. The number of hydrogen-bond donors (Lipinski definition) is 1. The summed E-state index contributed by atoms with van der Waals surface area (Å²) in [4.78, 5) is 0. The molecule has 0 aromatic carbocycles. The van der Waals surface area contributed by atoms with Crippen molar-refractivity contribution in [3.63, 3.8) is 0 Å². The van der Waals surface area contributed by atoms with E-state index in [1.54, 1.807) is 0 Å². The molecule has 2 rings (SSSR count). The average Bonchev–Trinajstić information content (AvgIpc) is 2.81. The Bertz CT molecular complexity index is 483. The van der Waals surface area contributed by atoms with Gasteiger partial charge < -0.3 is 5.32 Å². The maximum absolute atomic E-state index is 4.32. The molecule has 0 aliphatic heterocycles. The van der Waals surface area contributed by atoms with Crippen LogP contribution in [-0.4, -0.2) is 26.1 Å². The van der Waals surface area contributed by atoms with E-state index >= 15 is 0 Å². The molecule has 0 amide bonds. The smallest absolute Gasteiger partial charge is 0.0638 e. The average molecular weight is 233 g/mol. The van der Waals surface area contributed by atoms with Crippen molar-refractivity contribution in [2.24, 2.45) is 14.1 Å². The fourth-order valence-electron chi connectivity index (χ4n) is 1.91. The second-order valence-electron chi connectivity index (χ2n) is 4.29. The predicted octanol–water partition coefficient (Wildman–Crippen LogP) is 0.794. The highest BCUT2D eigenvalue weighted by atomic mass is 15.3. The largest absolute Gasteiger partial charge is 0.312 e. The first-order valence-electron chi connectivity index (χ1n) is 5.83. The Morgan fingerprint density at radius 1 is 1.35 bits per heavy atom. The summed E-state index contributed by atoms with van der Waals surface area (Å²) in [6.45, 7) is 3.86. The summed E-state index contributed by atoms with van der Waals surface area (Å²) < 4.78 is 3.77. The Labute approximate surface area is 101 Å². The second-order valence-corrected chi connectivity index (χ2v) is 4.29. The van der Waals surface area contributed by atoms with Gasteiger partial charge in [0.05, 0.1) is 5.69 Å². The molecule has 0 aliphatic carbocycles. The van der Waals surface area contributed by atoms with Gasteiger partial charge in [0.25, 0.3) is 0 Å². The van der Waals surface area contributed by atoms with Crippen LogP contribution in [0.15, 0.2) is 18.5 Å². The van der Waals surface area contributed by atoms with Gasteiger partial charge in [-0.05, 0) is 13.0 Å². The Morgan fingerprint density at radius 3 is 2.76 bits per heavy atom. The summed E-state index contributed by atoms with van der Waals surface area (Å²) >= 11 is 0. The molecule has 0 saturated carbocycles. The lowest BCUT2D eigenvalue weighted by Crippen LogP contribution is -2.18.